The van der Waals surface area contributed by atoms with Crippen LogP contribution in [0.15, 0.2) is 23.7 Å². The summed E-state index contributed by atoms with van der Waals surface area (Å²) in [6.07, 6.45) is 2.01. The van der Waals surface area contributed by atoms with Crippen molar-refractivity contribution in [3.63, 3.8) is 0 Å². The van der Waals surface area contributed by atoms with Crippen LogP contribution in [-0.4, -0.2) is 25.5 Å². The molecule has 1 rings (SSSR count). The third kappa shape index (κ3) is 4.10. The second kappa shape index (κ2) is 4.74. The number of thioether (sulfide) groups is 1. The van der Waals surface area contributed by atoms with Gasteiger partial charge in [0.1, 0.15) is 5.76 Å². The zero-order chi connectivity index (χ0) is 12.3. The third-order valence-corrected chi connectivity index (χ3v) is 2.74. The van der Waals surface area contributed by atoms with E-state index < -0.39 is 0 Å². The van der Waals surface area contributed by atoms with Gasteiger partial charge in [0.2, 0.25) is 0 Å². The average molecular weight is 239 g/mol. The van der Waals surface area contributed by atoms with Gasteiger partial charge in [-0.05, 0) is 0 Å². The van der Waals surface area contributed by atoms with Crippen LogP contribution < -0.4 is 0 Å². The fraction of sp³-hybridized carbons (Fsp3) is 0.455. The highest BCUT2D eigenvalue weighted by Gasteiger charge is 2.15. The van der Waals surface area contributed by atoms with Crippen molar-refractivity contribution in [2.24, 2.45) is 0 Å². The molecule has 4 nitrogen and oxygen atoms in total. The van der Waals surface area contributed by atoms with Crippen molar-refractivity contribution in [2.45, 2.75) is 37.1 Å². The van der Waals surface area contributed by atoms with Gasteiger partial charge < -0.3 is 15.5 Å². The van der Waals surface area contributed by atoms with Gasteiger partial charge in [0.15, 0.2) is 5.16 Å². The number of aliphatic hydroxyl groups is 1. The summed E-state index contributed by atoms with van der Waals surface area (Å²) in [4.78, 5) is 7.33. The van der Waals surface area contributed by atoms with E-state index in [4.69, 9.17) is 10.5 Å². The molecule has 0 amide bonds. The molecule has 5 heteroatoms. The quantitative estimate of drug-likeness (QED) is 0.429. The van der Waals surface area contributed by atoms with Crippen LogP contribution in [0.4, 0.5) is 0 Å². The lowest BCUT2D eigenvalue weighted by Crippen LogP contribution is -2.07. The van der Waals surface area contributed by atoms with Gasteiger partial charge in [-0.1, -0.05) is 39.1 Å². The topological polar surface area (TPSA) is 72.8 Å². The number of aromatic amines is 1. The van der Waals surface area contributed by atoms with Crippen molar-refractivity contribution in [3.8, 4) is 0 Å². The van der Waals surface area contributed by atoms with E-state index in [-0.39, 0.29) is 16.2 Å². The number of imidazole rings is 1. The van der Waals surface area contributed by atoms with E-state index in [0.717, 1.165) is 10.9 Å². The molecule has 0 aliphatic carbocycles. The average Bonchev–Trinajstić information content (AvgIpc) is 2.49. The third-order valence-electron chi connectivity index (χ3n) is 1.72. The fourth-order valence-electron chi connectivity index (χ4n) is 1.06. The zero-order valence-corrected chi connectivity index (χ0v) is 10.6. The molecule has 0 aliphatic rings. The first-order valence-electron chi connectivity index (χ1n) is 4.96. The van der Waals surface area contributed by atoms with Gasteiger partial charge in [0, 0.05) is 23.1 Å². The number of H-pyrrole nitrogens is 1. The Morgan fingerprint density at radius 1 is 1.62 bits per heavy atom. The van der Waals surface area contributed by atoms with Gasteiger partial charge in [0.05, 0.1) is 5.71 Å². The number of nitrogens with zero attached hydrogens (tertiary/aromatic N) is 1. The summed E-state index contributed by atoms with van der Waals surface area (Å²) in [6, 6.07) is 0. The Labute approximate surface area is 99.7 Å². The van der Waals surface area contributed by atoms with Crippen molar-refractivity contribution >= 4 is 17.5 Å². The lowest BCUT2D eigenvalue weighted by Gasteiger charge is -2.14. The summed E-state index contributed by atoms with van der Waals surface area (Å²) < 4.78 is 0.100. The van der Waals surface area contributed by atoms with Gasteiger partial charge in [-0.3, -0.25) is 0 Å². The SMILES string of the molecule is C=C(O)C(=N)Cc1cnc(SC(C)(C)C)[nH]1. The molecule has 0 saturated heterocycles. The summed E-state index contributed by atoms with van der Waals surface area (Å²) in [5, 5.41) is 17.3. The smallest absolute Gasteiger partial charge is 0.166 e. The van der Waals surface area contributed by atoms with E-state index >= 15 is 0 Å². The van der Waals surface area contributed by atoms with Crippen LogP contribution in [0.25, 0.3) is 0 Å². The van der Waals surface area contributed by atoms with Gasteiger partial charge in [-0.2, -0.15) is 0 Å². The van der Waals surface area contributed by atoms with Crippen molar-refractivity contribution in [1.29, 1.82) is 5.41 Å². The molecule has 1 aromatic rings. The molecule has 0 fully saturated rings. The maximum Gasteiger partial charge on any atom is 0.166 e. The lowest BCUT2D eigenvalue weighted by molar-refractivity contribution is 0.443. The number of aliphatic hydroxyl groups excluding tert-OH is 1. The highest BCUT2D eigenvalue weighted by molar-refractivity contribution is 8.00. The predicted octanol–water partition coefficient (Wildman–Crippen LogP) is 2.93. The lowest BCUT2D eigenvalue weighted by atomic mass is 10.2. The molecule has 0 aromatic carbocycles. The summed E-state index contributed by atoms with van der Waals surface area (Å²) in [6.45, 7) is 9.63. The first kappa shape index (κ1) is 12.8. The highest BCUT2D eigenvalue weighted by Crippen LogP contribution is 2.29. The van der Waals surface area contributed by atoms with Crippen molar-refractivity contribution in [2.75, 3.05) is 0 Å². The number of hydrogen-bond acceptors (Lipinski definition) is 4. The summed E-state index contributed by atoms with van der Waals surface area (Å²) >= 11 is 1.63. The number of aromatic nitrogens is 2. The molecule has 88 valence electrons. The Kier molecular flexibility index (Phi) is 3.80. The Bertz CT molecular complexity index is 404. The molecule has 0 bridgehead atoms. The summed E-state index contributed by atoms with van der Waals surface area (Å²) in [5.74, 6) is -0.195. The first-order valence-corrected chi connectivity index (χ1v) is 5.78. The maximum absolute atomic E-state index is 9.02. The molecule has 16 heavy (non-hydrogen) atoms. The van der Waals surface area contributed by atoms with E-state index in [9.17, 15) is 0 Å². The van der Waals surface area contributed by atoms with Crippen LogP contribution in [0, 0.1) is 5.41 Å². The minimum absolute atomic E-state index is 0.100. The number of rotatable bonds is 4. The molecule has 0 saturated carbocycles. The van der Waals surface area contributed by atoms with Crippen LogP contribution in [0.3, 0.4) is 0 Å². The van der Waals surface area contributed by atoms with E-state index in [0.29, 0.717) is 6.42 Å². The molecular formula is C11H17N3OS. The molecule has 1 aromatic heterocycles. The van der Waals surface area contributed by atoms with Crippen molar-refractivity contribution < 1.29 is 5.11 Å². The molecule has 0 atom stereocenters. The molecule has 3 N–H and O–H groups in total. The maximum atomic E-state index is 9.02. The largest absolute Gasteiger partial charge is 0.507 e. The van der Waals surface area contributed by atoms with Crippen LogP contribution in [0.1, 0.15) is 26.5 Å². The monoisotopic (exact) mass is 239 g/mol. The van der Waals surface area contributed by atoms with E-state index in [2.05, 4.69) is 37.3 Å². The summed E-state index contributed by atoms with van der Waals surface area (Å²) in [7, 11) is 0. The van der Waals surface area contributed by atoms with E-state index in [1.165, 1.54) is 0 Å². The normalized spacial score (nSPS) is 11.4. The van der Waals surface area contributed by atoms with Crippen LogP contribution >= 0.6 is 11.8 Å². The number of nitrogens with one attached hydrogen (secondary N) is 2. The van der Waals surface area contributed by atoms with Gasteiger partial charge >= 0.3 is 0 Å². The van der Waals surface area contributed by atoms with Crippen molar-refractivity contribution in [3.05, 3.63) is 24.2 Å². The molecule has 0 radical (unpaired) electrons. The van der Waals surface area contributed by atoms with Gasteiger partial charge in [0.25, 0.3) is 0 Å². The van der Waals surface area contributed by atoms with Gasteiger partial charge in [-0.25, -0.2) is 4.98 Å². The van der Waals surface area contributed by atoms with Crippen molar-refractivity contribution in [1.82, 2.24) is 9.97 Å². The minimum Gasteiger partial charge on any atom is -0.507 e. The van der Waals surface area contributed by atoms with Crippen LogP contribution in [-0.2, 0) is 6.42 Å². The zero-order valence-electron chi connectivity index (χ0n) is 9.79. The second-order valence-electron chi connectivity index (χ2n) is 4.53. The van der Waals surface area contributed by atoms with Crippen LogP contribution in [0.5, 0.6) is 0 Å². The number of hydrogen-bond donors (Lipinski definition) is 3. The molecule has 1 heterocycles. The van der Waals surface area contributed by atoms with Gasteiger partial charge in [-0.15, -0.1) is 0 Å². The van der Waals surface area contributed by atoms with E-state index in [1.54, 1.807) is 18.0 Å². The molecule has 0 spiro atoms. The fourth-order valence-corrected chi connectivity index (χ4v) is 1.93. The molecule has 0 aliphatic heterocycles. The Morgan fingerprint density at radius 3 is 2.75 bits per heavy atom. The second-order valence-corrected chi connectivity index (χ2v) is 6.35. The standard InChI is InChI=1S/C11H17N3OS/c1-7(15)9(12)5-8-6-13-10(14-8)16-11(2,3)4/h6,12,15H,1,5H2,2-4H3,(H,13,14). The number of allylic oxidation sites excluding steroid dienone is 1. The van der Waals surface area contributed by atoms with E-state index in [1.807, 2.05) is 0 Å². The summed E-state index contributed by atoms with van der Waals surface area (Å²) in [5.41, 5.74) is 0.919. The highest BCUT2D eigenvalue weighted by atomic mass is 32.2. The Balaban J connectivity index is 2.65. The van der Waals surface area contributed by atoms with Crippen LogP contribution in [0.2, 0.25) is 0 Å². The first-order chi connectivity index (χ1) is 7.28. The Morgan fingerprint density at radius 2 is 2.25 bits per heavy atom. The minimum atomic E-state index is -0.195. The Hall–Kier alpha value is -1.23. The molecule has 0 unspecified atom stereocenters. The predicted molar refractivity (Wildman–Crippen MR) is 67.4 cm³/mol. The molecular weight excluding hydrogens is 222 g/mol.